The first kappa shape index (κ1) is 18.0. The number of nitrogens with one attached hydrogen (secondary N) is 2. The molecule has 0 spiro atoms. The zero-order chi connectivity index (χ0) is 19.8. The zero-order valence-electron chi connectivity index (χ0n) is 15.2. The molecular formula is C21H16N4O2S2. The Kier molecular flexibility index (Phi) is 4.57. The smallest absolute Gasteiger partial charge is 0.238 e. The van der Waals surface area contributed by atoms with Crippen LogP contribution in [0.5, 0.6) is 0 Å². The molecule has 3 heterocycles. The third kappa shape index (κ3) is 3.64. The van der Waals surface area contributed by atoms with Gasteiger partial charge >= 0.3 is 0 Å². The Bertz CT molecular complexity index is 1180. The van der Waals surface area contributed by atoms with E-state index in [9.17, 15) is 9.59 Å². The van der Waals surface area contributed by atoms with Gasteiger partial charge in [-0.25, -0.2) is 4.98 Å². The van der Waals surface area contributed by atoms with Gasteiger partial charge < -0.3 is 10.6 Å². The standard InChI is InChI=1S/C21H16N4O2S2/c26-19(11-18-20(27)23-15-3-1-2-4-17(15)29-18)22-14-7-5-13(6-8-14)16-12-25-9-10-28-21(25)24-16/h1-10,12,18H,11H2,(H,22,26)(H,23,27)/t18-/m0/s1. The average Bonchev–Trinajstić information content (AvgIpc) is 3.31. The number of para-hydroxylation sites is 1. The number of thioether (sulfide) groups is 1. The lowest BCUT2D eigenvalue weighted by Crippen LogP contribution is -2.32. The number of carbonyl (C=O) groups excluding carboxylic acids is 2. The Morgan fingerprint density at radius 2 is 2.00 bits per heavy atom. The molecule has 1 atom stereocenters. The molecule has 0 saturated heterocycles. The van der Waals surface area contributed by atoms with Gasteiger partial charge in [0.05, 0.1) is 16.6 Å². The summed E-state index contributed by atoms with van der Waals surface area (Å²) >= 11 is 3.01. The van der Waals surface area contributed by atoms with Crippen LogP contribution in [0.3, 0.4) is 0 Å². The highest BCUT2D eigenvalue weighted by Gasteiger charge is 2.28. The minimum atomic E-state index is -0.442. The van der Waals surface area contributed by atoms with Crippen molar-refractivity contribution in [2.75, 3.05) is 10.6 Å². The number of nitrogens with zero attached hydrogens (tertiary/aromatic N) is 2. The number of benzene rings is 2. The third-order valence-corrected chi connectivity index (χ3v) is 6.68. The van der Waals surface area contributed by atoms with Crippen LogP contribution in [0.4, 0.5) is 11.4 Å². The van der Waals surface area contributed by atoms with Gasteiger partial charge in [0.2, 0.25) is 11.8 Å². The van der Waals surface area contributed by atoms with Crippen LogP contribution in [0.25, 0.3) is 16.2 Å². The van der Waals surface area contributed by atoms with Gasteiger partial charge in [-0.15, -0.1) is 23.1 Å². The maximum Gasteiger partial charge on any atom is 0.238 e. The molecule has 0 radical (unpaired) electrons. The molecule has 2 N–H and O–H groups in total. The van der Waals surface area contributed by atoms with Gasteiger partial charge in [0.25, 0.3) is 0 Å². The molecule has 8 heteroatoms. The maximum atomic E-state index is 12.5. The van der Waals surface area contributed by atoms with E-state index in [2.05, 4.69) is 15.6 Å². The Hall–Kier alpha value is -3.10. The van der Waals surface area contributed by atoms with Crippen molar-refractivity contribution in [2.24, 2.45) is 0 Å². The largest absolute Gasteiger partial charge is 0.326 e. The van der Waals surface area contributed by atoms with Crippen LogP contribution < -0.4 is 10.6 Å². The molecule has 1 aliphatic rings. The van der Waals surface area contributed by atoms with Crippen molar-refractivity contribution in [2.45, 2.75) is 16.6 Å². The van der Waals surface area contributed by atoms with Crippen LogP contribution >= 0.6 is 23.1 Å². The van der Waals surface area contributed by atoms with E-state index in [1.165, 1.54) is 11.8 Å². The second-order valence-corrected chi connectivity index (χ2v) is 8.76. The summed E-state index contributed by atoms with van der Waals surface area (Å²) in [6.45, 7) is 0. The van der Waals surface area contributed by atoms with Gasteiger partial charge in [-0.05, 0) is 24.3 Å². The van der Waals surface area contributed by atoms with Crippen LogP contribution in [0.2, 0.25) is 0 Å². The summed E-state index contributed by atoms with van der Waals surface area (Å²) in [4.78, 5) is 31.2. The molecule has 2 amide bonds. The Morgan fingerprint density at radius 1 is 1.17 bits per heavy atom. The number of hydrogen-bond acceptors (Lipinski definition) is 5. The van der Waals surface area contributed by atoms with Gasteiger partial charge in [-0.1, -0.05) is 24.3 Å². The molecule has 0 fully saturated rings. The Labute approximate surface area is 175 Å². The van der Waals surface area contributed by atoms with Crippen molar-refractivity contribution in [1.82, 2.24) is 9.38 Å². The molecule has 0 saturated carbocycles. The number of thiazole rings is 1. The van der Waals surface area contributed by atoms with E-state index in [-0.39, 0.29) is 18.2 Å². The highest BCUT2D eigenvalue weighted by molar-refractivity contribution is 8.01. The molecule has 2 aromatic heterocycles. The van der Waals surface area contributed by atoms with Crippen molar-refractivity contribution < 1.29 is 9.59 Å². The van der Waals surface area contributed by atoms with Crippen LogP contribution in [-0.4, -0.2) is 26.4 Å². The first-order valence-electron chi connectivity index (χ1n) is 9.05. The molecule has 5 rings (SSSR count). The van der Waals surface area contributed by atoms with E-state index in [1.54, 1.807) is 11.3 Å². The van der Waals surface area contributed by atoms with E-state index >= 15 is 0 Å². The highest BCUT2D eigenvalue weighted by atomic mass is 32.2. The highest BCUT2D eigenvalue weighted by Crippen LogP contribution is 2.36. The van der Waals surface area contributed by atoms with E-state index in [0.717, 1.165) is 26.8 Å². The molecule has 0 bridgehead atoms. The van der Waals surface area contributed by atoms with E-state index in [1.807, 2.05) is 70.7 Å². The SMILES string of the molecule is O=C(C[C@@H]1Sc2ccccc2NC1=O)Nc1ccc(-c2cn3ccsc3n2)cc1. The molecule has 4 aromatic rings. The van der Waals surface area contributed by atoms with Crippen LogP contribution in [-0.2, 0) is 9.59 Å². The summed E-state index contributed by atoms with van der Waals surface area (Å²) in [5.74, 6) is -0.328. The number of carbonyl (C=O) groups is 2. The average molecular weight is 421 g/mol. The van der Waals surface area contributed by atoms with Gasteiger partial charge in [-0.3, -0.25) is 14.0 Å². The van der Waals surface area contributed by atoms with E-state index < -0.39 is 5.25 Å². The molecule has 144 valence electrons. The topological polar surface area (TPSA) is 75.5 Å². The van der Waals surface area contributed by atoms with Crippen LogP contribution in [0.15, 0.2) is 71.2 Å². The lowest BCUT2D eigenvalue weighted by atomic mass is 10.1. The first-order chi connectivity index (χ1) is 14.2. The molecular weight excluding hydrogens is 404 g/mol. The number of aromatic nitrogens is 2. The van der Waals surface area contributed by atoms with Crippen LogP contribution in [0, 0.1) is 0 Å². The summed E-state index contributed by atoms with van der Waals surface area (Å²) in [5.41, 5.74) is 3.37. The predicted octanol–water partition coefficient (Wildman–Crippen LogP) is 4.50. The number of fused-ring (bicyclic) bond motifs is 2. The second-order valence-electron chi connectivity index (χ2n) is 6.64. The molecule has 6 nitrogen and oxygen atoms in total. The molecule has 1 aliphatic heterocycles. The Morgan fingerprint density at radius 3 is 2.83 bits per heavy atom. The van der Waals surface area contributed by atoms with Crippen LogP contribution in [0.1, 0.15) is 6.42 Å². The Balaban J connectivity index is 1.24. The second kappa shape index (κ2) is 7.38. The van der Waals surface area contributed by atoms with Gasteiger partial charge in [0.15, 0.2) is 4.96 Å². The predicted molar refractivity (Wildman–Crippen MR) is 116 cm³/mol. The summed E-state index contributed by atoms with van der Waals surface area (Å²) < 4.78 is 1.99. The van der Waals surface area contributed by atoms with Crippen molar-refractivity contribution in [3.05, 3.63) is 66.3 Å². The monoisotopic (exact) mass is 420 g/mol. The summed E-state index contributed by atoms with van der Waals surface area (Å²) in [7, 11) is 0. The summed E-state index contributed by atoms with van der Waals surface area (Å²) in [6.07, 6.45) is 4.07. The number of rotatable bonds is 4. The molecule has 0 unspecified atom stereocenters. The first-order valence-corrected chi connectivity index (χ1v) is 10.8. The van der Waals surface area contributed by atoms with Gasteiger partial charge in [0, 0.05) is 40.3 Å². The number of amides is 2. The normalized spacial score (nSPS) is 15.7. The van der Waals surface area contributed by atoms with Crippen molar-refractivity contribution in [3.63, 3.8) is 0 Å². The zero-order valence-corrected chi connectivity index (χ0v) is 16.8. The fourth-order valence-electron chi connectivity index (χ4n) is 3.20. The molecule has 0 aliphatic carbocycles. The summed E-state index contributed by atoms with van der Waals surface area (Å²) in [5, 5.41) is 7.30. The lowest BCUT2D eigenvalue weighted by Gasteiger charge is -2.23. The molecule has 2 aromatic carbocycles. The number of anilines is 2. The quantitative estimate of drug-likeness (QED) is 0.510. The van der Waals surface area contributed by atoms with Gasteiger partial charge in [0.1, 0.15) is 0 Å². The third-order valence-electron chi connectivity index (χ3n) is 4.64. The van der Waals surface area contributed by atoms with E-state index in [0.29, 0.717) is 5.69 Å². The van der Waals surface area contributed by atoms with Gasteiger partial charge in [-0.2, -0.15) is 0 Å². The minimum Gasteiger partial charge on any atom is -0.326 e. The van der Waals surface area contributed by atoms with Crippen molar-refractivity contribution >= 4 is 51.2 Å². The minimum absolute atomic E-state index is 0.115. The molecule has 29 heavy (non-hydrogen) atoms. The fourth-order valence-corrected chi connectivity index (χ4v) is 5.01. The van der Waals surface area contributed by atoms with Crippen molar-refractivity contribution in [3.8, 4) is 11.3 Å². The maximum absolute atomic E-state index is 12.5. The van der Waals surface area contributed by atoms with E-state index in [4.69, 9.17) is 0 Å². The number of imidazole rings is 1. The summed E-state index contributed by atoms with van der Waals surface area (Å²) in [6, 6.07) is 15.2. The fraction of sp³-hybridized carbons (Fsp3) is 0.0952. The number of hydrogen-bond donors (Lipinski definition) is 2. The van der Waals surface area contributed by atoms with Crippen molar-refractivity contribution in [1.29, 1.82) is 0 Å². The lowest BCUT2D eigenvalue weighted by molar-refractivity contribution is -0.120.